The summed E-state index contributed by atoms with van der Waals surface area (Å²) in [5.41, 5.74) is 0.821. The first-order chi connectivity index (χ1) is 7.54. The van der Waals surface area contributed by atoms with Crippen molar-refractivity contribution in [1.82, 2.24) is 10.3 Å². The van der Waals surface area contributed by atoms with Gasteiger partial charge in [0.05, 0.1) is 10.7 Å². The topological polar surface area (TPSA) is 42.0 Å². The number of alkyl halides is 1. The number of thiazole rings is 1. The highest BCUT2D eigenvalue weighted by Gasteiger charge is 2.14. The van der Waals surface area contributed by atoms with Gasteiger partial charge in [0.25, 0.3) is 5.91 Å². The second kappa shape index (κ2) is 6.35. The summed E-state index contributed by atoms with van der Waals surface area (Å²) in [6, 6.07) is 0. The molecule has 0 spiro atoms. The fourth-order valence-electron chi connectivity index (χ4n) is 1.44. The normalized spacial score (nSPS) is 12.5. The van der Waals surface area contributed by atoms with Gasteiger partial charge >= 0.3 is 0 Å². The minimum absolute atomic E-state index is 0.0105. The summed E-state index contributed by atoms with van der Waals surface area (Å²) in [6.07, 6.45) is 2.19. The number of hydrogen-bond acceptors (Lipinski definition) is 3. The number of aryl methyl sites for hydroxylation is 2. The zero-order valence-electron chi connectivity index (χ0n) is 9.84. The summed E-state index contributed by atoms with van der Waals surface area (Å²) in [7, 11) is 0. The summed E-state index contributed by atoms with van der Waals surface area (Å²) in [4.78, 5) is 17.2. The number of nitrogens with one attached hydrogen (secondary N) is 1. The molecule has 90 valence electrons. The lowest BCUT2D eigenvalue weighted by Gasteiger charge is -2.09. The highest BCUT2D eigenvalue weighted by atomic mass is 79.9. The Kier molecular flexibility index (Phi) is 5.41. The van der Waals surface area contributed by atoms with Gasteiger partial charge in [0.15, 0.2) is 0 Å². The van der Waals surface area contributed by atoms with E-state index in [1.54, 1.807) is 0 Å². The first-order valence-electron chi connectivity index (χ1n) is 5.40. The first-order valence-corrected chi connectivity index (χ1v) is 7.14. The molecule has 1 unspecified atom stereocenters. The Morgan fingerprint density at radius 2 is 2.25 bits per heavy atom. The molecule has 0 aromatic carbocycles. The van der Waals surface area contributed by atoms with Gasteiger partial charge in [-0.2, -0.15) is 0 Å². The largest absolute Gasteiger partial charge is 0.350 e. The smallest absolute Gasteiger partial charge is 0.263 e. The summed E-state index contributed by atoms with van der Waals surface area (Å²) >= 11 is 4.98. The molecule has 0 bridgehead atoms. The number of halogens is 1. The summed E-state index contributed by atoms with van der Waals surface area (Å²) in [6.45, 7) is 6.59. The first kappa shape index (κ1) is 13.6. The number of carbonyl (C=O) groups is 1. The van der Waals surface area contributed by atoms with Crippen molar-refractivity contribution in [3.63, 3.8) is 0 Å². The maximum atomic E-state index is 11.8. The van der Waals surface area contributed by atoms with Gasteiger partial charge in [-0.1, -0.05) is 29.3 Å². The predicted molar refractivity (Wildman–Crippen MR) is 71.5 cm³/mol. The van der Waals surface area contributed by atoms with Crippen LogP contribution >= 0.6 is 27.3 Å². The second-order valence-electron chi connectivity index (χ2n) is 3.74. The van der Waals surface area contributed by atoms with Crippen molar-refractivity contribution in [3.8, 4) is 0 Å². The number of amides is 1. The molecule has 1 N–H and O–H groups in total. The quantitative estimate of drug-likeness (QED) is 0.850. The Morgan fingerprint density at radius 1 is 1.56 bits per heavy atom. The third-order valence-electron chi connectivity index (χ3n) is 2.20. The highest BCUT2D eigenvalue weighted by molar-refractivity contribution is 9.09. The molecule has 1 aromatic rings. The third kappa shape index (κ3) is 3.87. The van der Waals surface area contributed by atoms with E-state index in [9.17, 15) is 4.79 Å². The van der Waals surface area contributed by atoms with E-state index < -0.39 is 0 Å². The van der Waals surface area contributed by atoms with E-state index in [1.165, 1.54) is 11.3 Å². The molecule has 5 heteroatoms. The number of nitrogens with zero attached hydrogens (tertiary/aromatic N) is 1. The maximum Gasteiger partial charge on any atom is 0.263 e. The van der Waals surface area contributed by atoms with E-state index in [1.807, 2.05) is 13.8 Å². The number of aromatic nitrogens is 1. The van der Waals surface area contributed by atoms with E-state index in [4.69, 9.17) is 0 Å². The molecule has 0 aliphatic heterocycles. The summed E-state index contributed by atoms with van der Waals surface area (Å²) < 4.78 is 0. The Labute approximate surface area is 109 Å². The van der Waals surface area contributed by atoms with Gasteiger partial charge in [-0.3, -0.25) is 4.79 Å². The molecule has 1 amide bonds. The van der Waals surface area contributed by atoms with E-state index in [0.29, 0.717) is 11.4 Å². The van der Waals surface area contributed by atoms with Gasteiger partial charge in [-0.05, 0) is 20.3 Å². The molecule has 0 aliphatic carbocycles. The van der Waals surface area contributed by atoms with Gasteiger partial charge in [0.1, 0.15) is 4.88 Å². The van der Waals surface area contributed by atoms with Crippen LogP contribution in [0.5, 0.6) is 0 Å². The second-order valence-corrected chi connectivity index (χ2v) is 6.24. The average Bonchev–Trinajstić information content (AvgIpc) is 2.55. The van der Waals surface area contributed by atoms with Crippen molar-refractivity contribution in [1.29, 1.82) is 0 Å². The van der Waals surface area contributed by atoms with Crippen LogP contribution in [0.1, 0.15) is 40.1 Å². The van der Waals surface area contributed by atoms with Crippen LogP contribution in [0.4, 0.5) is 0 Å². The Bertz CT molecular complexity index is 365. The van der Waals surface area contributed by atoms with Crippen molar-refractivity contribution in [3.05, 3.63) is 15.6 Å². The van der Waals surface area contributed by atoms with Crippen molar-refractivity contribution in [2.75, 3.05) is 6.54 Å². The van der Waals surface area contributed by atoms with Gasteiger partial charge in [0, 0.05) is 11.4 Å². The van der Waals surface area contributed by atoms with Gasteiger partial charge in [-0.25, -0.2) is 4.98 Å². The van der Waals surface area contributed by atoms with Crippen LogP contribution in [0.2, 0.25) is 0 Å². The van der Waals surface area contributed by atoms with Gasteiger partial charge < -0.3 is 5.32 Å². The molecular weight excluding hydrogens is 288 g/mol. The predicted octanol–water partition coefficient (Wildman–Crippen LogP) is 3.05. The van der Waals surface area contributed by atoms with Crippen LogP contribution < -0.4 is 5.32 Å². The van der Waals surface area contributed by atoms with Crippen molar-refractivity contribution >= 4 is 33.2 Å². The van der Waals surface area contributed by atoms with E-state index in [2.05, 4.69) is 33.2 Å². The van der Waals surface area contributed by atoms with E-state index >= 15 is 0 Å². The summed E-state index contributed by atoms with van der Waals surface area (Å²) in [5.74, 6) is -0.0105. The lowest BCUT2D eigenvalue weighted by atomic mass is 10.2. The zero-order valence-corrected chi connectivity index (χ0v) is 12.2. The summed E-state index contributed by atoms with van der Waals surface area (Å²) in [5, 5.41) is 3.86. The minimum Gasteiger partial charge on any atom is -0.350 e. The molecule has 0 aliphatic rings. The molecular formula is C11H17BrN2OS. The molecule has 16 heavy (non-hydrogen) atoms. The molecule has 1 aromatic heterocycles. The Balaban J connectivity index is 2.50. The van der Waals surface area contributed by atoms with Crippen molar-refractivity contribution < 1.29 is 4.79 Å². The lowest BCUT2D eigenvalue weighted by molar-refractivity contribution is 0.0957. The van der Waals surface area contributed by atoms with Crippen molar-refractivity contribution in [2.45, 2.75) is 38.4 Å². The monoisotopic (exact) mass is 304 g/mol. The van der Waals surface area contributed by atoms with Crippen molar-refractivity contribution in [2.24, 2.45) is 0 Å². The van der Waals surface area contributed by atoms with Crippen LogP contribution in [-0.2, 0) is 0 Å². The molecule has 0 saturated heterocycles. The molecule has 1 rings (SSSR count). The van der Waals surface area contributed by atoms with E-state index in [-0.39, 0.29) is 5.91 Å². The minimum atomic E-state index is -0.0105. The van der Waals surface area contributed by atoms with Crippen LogP contribution in [0.15, 0.2) is 0 Å². The standard InChI is InChI=1S/C11H17BrN2OS/c1-4-5-9(12)6-13-11(15)10-7(2)14-8(3)16-10/h9H,4-6H2,1-3H3,(H,13,15). The van der Waals surface area contributed by atoms with Gasteiger partial charge in [-0.15, -0.1) is 11.3 Å². The third-order valence-corrected chi connectivity index (χ3v) is 4.05. The fourth-order valence-corrected chi connectivity index (χ4v) is 2.90. The molecule has 0 radical (unpaired) electrons. The number of carbonyl (C=O) groups excluding carboxylic acids is 1. The SMILES string of the molecule is CCCC(Br)CNC(=O)c1sc(C)nc1C. The molecule has 1 heterocycles. The Morgan fingerprint density at radius 3 is 2.75 bits per heavy atom. The fraction of sp³-hybridized carbons (Fsp3) is 0.636. The molecule has 3 nitrogen and oxygen atoms in total. The van der Waals surface area contributed by atoms with E-state index in [0.717, 1.165) is 28.4 Å². The number of rotatable bonds is 5. The maximum absolute atomic E-state index is 11.8. The molecule has 1 atom stereocenters. The highest BCUT2D eigenvalue weighted by Crippen LogP contribution is 2.17. The van der Waals surface area contributed by atoms with Gasteiger partial charge in [0.2, 0.25) is 0 Å². The molecule has 0 fully saturated rings. The van der Waals surface area contributed by atoms with Crippen LogP contribution in [-0.4, -0.2) is 22.3 Å². The van der Waals surface area contributed by atoms with Crippen LogP contribution in [0.3, 0.4) is 0 Å². The van der Waals surface area contributed by atoms with Crippen LogP contribution in [0.25, 0.3) is 0 Å². The van der Waals surface area contributed by atoms with Crippen LogP contribution in [0, 0.1) is 13.8 Å². The molecule has 0 saturated carbocycles. The average molecular weight is 305 g/mol. The number of hydrogen-bond donors (Lipinski definition) is 1. The lowest BCUT2D eigenvalue weighted by Crippen LogP contribution is -2.29. The zero-order chi connectivity index (χ0) is 12.1. The Hall–Kier alpha value is -0.420.